The summed E-state index contributed by atoms with van der Waals surface area (Å²) in [6.07, 6.45) is 8.42. The monoisotopic (exact) mass is 210 g/mol. The number of pyridine rings is 1. The molecule has 0 saturated heterocycles. The van der Waals surface area contributed by atoms with E-state index in [2.05, 4.69) is 10.3 Å². The Labute approximate surface area is 89.7 Å². The summed E-state index contributed by atoms with van der Waals surface area (Å²) in [7, 11) is 0. The molecule has 3 heteroatoms. The lowest BCUT2D eigenvalue weighted by atomic mass is 10.1. The molecule has 0 spiro atoms. The SMILES string of the molecule is Clc1cnccc1CCCNC1CC1. The van der Waals surface area contributed by atoms with Gasteiger partial charge in [0, 0.05) is 18.4 Å². The third kappa shape index (κ3) is 2.96. The van der Waals surface area contributed by atoms with Crippen LogP contribution in [0.3, 0.4) is 0 Å². The summed E-state index contributed by atoms with van der Waals surface area (Å²) in [6.45, 7) is 1.10. The second-order valence-electron chi connectivity index (χ2n) is 3.80. The van der Waals surface area contributed by atoms with Crippen LogP contribution in [0.15, 0.2) is 18.5 Å². The van der Waals surface area contributed by atoms with E-state index in [4.69, 9.17) is 11.6 Å². The summed E-state index contributed by atoms with van der Waals surface area (Å²) in [5, 5.41) is 4.28. The Kier molecular flexibility index (Phi) is 3.38. The van der Waals surface area contributed by atoms with Crippen molar-refractivity contribution < 1.29 is 0 Å². The molecule has 0 aliphatic heterocycles. The van der Waals surface area contributed by atoms with E-state index in [1.54, 1.807) is 12.4 Å². The van der Waals surface area contributed by atoms with Crippen LogP contribution in [0.2, 0.25) is 5.02 Å². The minimum atomic E-state index is 0.791. The fourth-order valence-corrected chi connectivity index (χ4v) is 1.69. The molecule has 76 valence electrons. The van der Waals surface area contributed by atoms with E-state index in [1.165, 1.54) is 18.4 Å². The highest BCUT2D eigenvalue weighted by atomic mass is 35.5. The standard InChI is InChI=1S/C11H15ClN2/c12-11-8-13-7-5-9(11)2-1-6-14-10-3-4-10/h5,7-8,10,14H,1-4,6H2. The van der Waals surface area contributed by atoms with Crippen molar-refractivity contribution in [3.05, 3.63) is 29.0 Å². The van der Waals surface area contributed by atoms with Crippen LogP contribution < -0.4 is 5.32 Å². The van der Waals surface area contributed by atoms with E-state index in [1.807, 2.05) is 6.07 Å². The summed E-state index contributed by atoms with van der Waals surface area (Å²) < 4.78 is 0. The number of rotatable bonds is 5. The Bertz CT molecular complexity index is 297. The van der Waals surface area contributed by atoms with Crippen LogP contribution in [0.1, 0.15) is 24.8 Å². The van der Waals surface area contributed by atoms with Crippen LogP contribution in [-0.2, 0) is 6.42 Å². The maximum Gasteiger partial charge on any atom is 0.0621 e. The van der Waals surface area contributed by atoms with Crippen molar-refractivity contribution in [3.63, 3.8) is 0 Å². The molecule has 1 heterocycles. The first-order valence-electron chi connectivity index (χ1n) is 5.18. The maximum atomic E-state index is 6.00. The van der Waals surface area contributed by atoms with Gasteiger partial charge in [-0.15, -0.1) is 0 Å². The molecule has 0 amide bonds. The second kappa shape index (κ2) is 4.76. The largest absolute Gasteiger partial charge is 0.314 e. The molecule has 14 heavy (non-hydrogen) atoms. The van der Waals surface area contributed by atoms with Gasteiger partial charge in [0.25, 0.3) is 0 Å². The van der Waals surface area contributed by atoms with E-state index >= 15 is 0 Å². The predicted octanol–water partition coefficient (Wildman–Crippen LogP) is 2.42. The molecule has 0 aromatic carbocycles. The van der Waals surface area contributed by atoms with Crippen LogP contribution in [-0.4, -0.2) is 17.6 Å². The van der Waals surface area contributed by atoms with Crippen LogP contribution in [0.4, 0.5) is 0 Å². The smallest absolute Gasteiger partial charge is 0.0621 e. The quantitative estimate of drug-likeness (QED) is 0.756. The van der Waals surface area contributed by atoms with Crippen molar-refractivity contribution in [3.8, 4) is 0 Å². The third-order valence-electron chi connectivity index (χ3n) is 2.49. The van der Waals surface area contributed by atoms with Crippen molar-refractivity contribution >= 4 is 11.6 Å². The molecule has 2 nitrogen and oxygen atoms in total. The van der Waals surface area contributed by atoms with Crippen molar-refractivity contribution in [2.24, 2.45) is 0 Å². The molecular formula is C11H15ClN2. The molecule has 0 unspecified atom stereocenters. The van der Waals surface area contributed by atoms with Gasteiger partial charge in [0.15, 0.2) is 0 Å². The first kappa shape index (κ1) is 9.94. The minimum absolute atomic E-state index is 0.791. The molecule has 2 rings (SSSR count). The zero-order chi connectivity index (χ0) is 9.80. The number of halogens is 1. The van der Waals surface area contributed by atoms with Gasteiger partial charge in [0.05, 0.1) is 5.02 Å². The van der Waals surface area contributed by atoms with Gasteiger partial charge >= 0.3 is 0 Å². The molecule has 1 N–H and O–H groups in total. The van der Waals surface area contributed by atoms with Crippen LogP contribution in [0.5, 0.6) is 0 Å². The van der Waals surface area contributed by atoms with Gasteiger partial charge in [-0.25, -0.2) is 0 Å². The molecule has 0 bridgehead atoms. The number of aromatic nitrogens is 1. The zero-order valence-electron chi connectivity index (χ0n) is 8.17. The zero-order valence-corrected chi connectivity index (χ0v) is 8.93. The van der Waals surface area contributed by atoms with Crippen molar-refractivity contribution in [2.45, 2.75) is 31.7 Å². The van der Waals surface area contributed by atoms with E-state index < -0.39 is 0 Å². The summed E-state index contributed by atoms with van der Waals surface area (Å²) in [4.78, 5) is 3.96. The summed E-state index contributed by atoms with van der Waals surface area (Å²) in [5.41, 5.74) is 1.21. The van der Waals surface area contributed by atoms with Crippen LogP contribution >= 0.6 is 11.6 Å². The van der Waals surface area contributed by atoms with E-state index in [0.717, 1.165) is 30.5 Å². The Morgan fingerprint density at radius 2 is 2.36 bits per heavy atom. The van der Waals surface area contributed by atoms with Gasteiger partial charge in [-0.05, 0) is 43.9 Å². The first-order chi connectivity index (χ1) is 6.86. The molecule has 1 aliphatic carbocycles. The average Bonchev–Trinajstić information content (AvgIpc) is 2.99. The number of nitrogens with one attached hydrogen (secondary N) is 1. The average molecular weight is 211 g/mol. The molecule has 1 aromatic rings. The van der Waals surface area contributed by atoms with Gasteiger partial charge in [0.1, 0.15) is 0 Å². The molecule has 1 aliphatic rings. The minimum Gasteiger partial charge on any atom is -0.314 e. The lowest BCUT2D eigenvalue weighted by Gasteiger charge is -2.04. The molecule has 0 atom stereocenters. The Morgan fingerprint density at radius 3 is 3.07 bits per heavy atom. The van der Waals surface area contributed by atoms with E-state index in [-0.39, 0.29) is 0 Å². The molecule has 1 aromatic heterocycles. The van der Waals surface area contributed by atoms with Gasteiger partial charge in [0.2, 0.25) is 0 Å². The Hall–Kier alpha value is -0.600. The number of nitrogens with zero attached hydrogens (tertiary/aromatic N) is 1. The van der Waals surface area contributed by atoms with Crippen molar-refractivity contribution in [1.29, 1.82) is 0 Å². The van der Waals surface area contributed by atoms with Gasteiger partial charge in [-0.2, -0.15) is 0 Å². The molecule has 1 saturated carbocycles. The van der Waals surface area contributed by atoms with Crippen LogP contribution in [0.25, 0.3) is 0 Å². The van der Waals surface area contributed by atoms with Gasteiger partial charge in [-0.3, -0.25) is 4.98 Å². The molecule has 1 fully saturated rings. The number of hydrogen-bond acceptors (Lipinski definition) is 2. The molecular weight excluding hydrogens is 196 g/mol. The topological polar surface area (TPSA) is 24.9 Å². The maximum absolute atomic E-state index is 6.00. The fourth-order valence-electron chi connectivity index (χ4n) is 1.48. The normalized spacial score (nSPS) is 15.8. The van der Waals surface area contributed by atoms with Gasteiger partial charge < -0.3 is 5.32 Å². The highest BCUT2D eigenvalue weighted by Crippen LogP contribution is 2.19. The lowest BCUT2D eigenvalue weighted by Crippen LogP contribution is -2.17. The van der Waals surface area contributed by atoms with Crippen molar-refractivity contribution in [2.75, 3.05) is 6.54 Å². The lowest BCUT2D eigenvalue weighted by molar-refractivity contribution is 0.645. The van der Waals surface area contributed by atoms with Gasteiger partial charge in [-0.1, -0.05) is 11.6 Å². The van der Waals surface area contributed by atoms with Crippen LogP contribution in [0, 0.1) is 0 Å². The molecule has 0 radical (unpaired) electrons. The Morgan fingerprint density at radius 1 is 1.50 bits per heavy atom. The van der Waals surface area contributed by atoms with Crippen molar-refractivity contribution in [1.82, 2.24) is 10.3 Å². The summed E-state index contributed by atoms with van der Waals surface area (Å²) in [5.74, 6) is 0. The summed E-state index contributed by atoms with van der Waals surface area (Å²) >= 11 is 6.00. The number of hydrogen-bond donors (Lipinski definition) is 1. The first-order valence-corrected chi connectivity index (χ1v) is 5.56. The predicted molar refractivity (Wildman–Crippen MR) is 58.6 cm³/mol. The Balaban J connectivity index is 1.71. The highest BCUT2D eigenvalue weighted by Gasteiger charge is 2.19. The van der Waals surface area contributed by atoms with E-state index in [0.29, 0.717) is 0 Å². The van der Waals surface area contributed by atoms with E-state index in [9.17, 15) is 0 Å². The summed E-state index contributed by atoms with van der Waals surface area (Å²) in [6, 6.07) is 2.81. The fraction of sp³-hybridized carbons (Fsp3) is 0.545. The highest BCUT2D eigenvalue weighted by molar-refractivity contribution is 6.31. The second-order valence-corrected chi connectivity index (χ2v) is 4.21. The third-order valence-corrected chi connectivity index (χ3v) is 2.83. The number of aryl methyl sites for hydroxylation is 1.